The Kier molecular flexibility index (Phi) is 4.13. The van der Waals surface area contributed by atoms with Gasteiger partial charge in [-0.05, 0) is 0 Å². The van der Waals surface area contributed by atoms with Crippen molar-refractivity contribution < 1.29 is 40.9 Å². The fraction of sp³-hybridized carbons (Fsp3) is 0.444. The molecule has 0 aliphatic carbocycles. The number of hydrogen-bond acceptors (Lipinski definition) is 4. The Labute approximate surface area is 102 Å². The van der Waals surface area contributed by atoms with E-state index in [4.69, 9.17) is 5.11 Å². The normalized spacial score (nSPS) is 12.4. The van der Waals surface area contributed by atoms with Gasteiger partial charge in [-0.3, -0.25) is 4.98 Å². The van der Waals surface area contributed by atoms with Crippen LogP contribution in [0.15, 0.2) is 6.20 Å². The lowest BCUT2D eigenvalue weighted by atomic mass is 10.2. The van der Waals surface area contributed by atoms with E-state index >= 15 is 0 Å². The maximum atomic E-state index is 12.6. The third-order valence-electron chi connectivity index (χ3n) is 1.94. The summed E-state index contributed by atoms with van der Waals surface area (Å²) >= 11 is 0. The monoisotopic (exact) mass is 291 g/mol. The highest BCUT2D eigenvalue weighted by molar-refractivity contribution is 5.49. The van der Waals surface area contributed by atoms with Crippen molar-refractivity contribution >= 4 is 0 Å². The molecular formula is C9H7F6NO3. The van der Waals surface area contributed by atoms with Crippen LogP contribution in [0.25, 0.3) is 0 Å². The molecule has 4 nitrogen and oxygen atoms in total. The molecule has 0 amide bonds. The quantitative estimate of drug-likeness (QED) is 0.869. The van der Waals surface area contributed by atoms with Crippen molar-refractivity contribution in [1.29, 1.82) is 0 Å². The molecule has 1 heterocycles. The molecule has 0 radical (unpaired) electrons. The average Bonchev–Trinajstić information content (AvgIpc) is 2.25. The van der Waals surface area contributed by atoms with Gasteiger partial charge in [0.25, 0.3) is 0 Å². The molecule has 0 atom stereocenters. The van der Waals surface area contributed by atoms with Crippen LogP contribution in [0.4, 0.5) is 26.3 Å². The molecular weight excluding hydrogens is 284 g/mol. The zero-order valence-electron chi connectivity index (χ0n) is 9.26. The van der Waals surface area contributed by atoms with Crippen LogP contribution in [0.1, 0.15) is 11.3 Å². The first-order valence-electron chi connectivity index (χ1n) is 4.59. The number of methoxy groups -OCH3 is 1. The van der Waals surface area contributed by atoms with Gasteiger partial charge < -0.3 is 14.6 Å². The molecule has 19 heavy (non-hydrogen) atoms. The number of alkyl halides is 6. The van der Waals surface area contributed by atoms with Gasteiger partial charge in [-0.2, -0.15) is 13.2 Å². The number of halogens is 6. The minimum atomic E-state index is -5.25. The van der Waals surface area contributed by atoms with Crippen LogP contribution in [0.3, 0.4) is 0 Å². The number of rotatable bonds is 3. The van der Waals surface area contributed by atoms with Crippen LogP contribution in [-0.4, -0.2) is 23.6 Å². The second kappa shape index (κ2) is 5.11. The summed E-state index contributed by atoms with van der Waals surface area (Å²) in [5.74, 6) is -2.50. The zero-order valence-corrected chi connectivity index (χ0v) is 9.26. The van der Waals surface area contributed by atoms with Crippen LogP contribution in [0, 0.1) is 0 Å². The summed E-state index contributed by atoms with van der Waals surface area (Å²) in [5, 5.41) is 8.78. The maximum absolute atomic E-state index is 12.6. The number of nitrogens with zero attached hydrogens (tertiary/aromatic N) is 1. The van der Waals surface area contributed by atoms with E-state index in [1.807, 2.05) is 0 Å². The molecule has 0 aromatic carbocycles. The van der Waals surface area contributed by atoms with E-state index in [9.17, 15) is 26.3 Å². The van der Waals surface area contributed by atoms with Crippen molar-refractivity contribution in [1.82, 2.24) is 4.98 Å². The Morgan fingerprint density at radius 1 is 1.16 bits per heavy atom. The van der Waals surface area contributed by atoms with E-state index in [1.54, 1.807) is 0 Å². The largest absolute Gasteiger partial charge is 0.573 e. The zero-order chi connectivity index (χ0) is 14.8. The van der Waals surface area contributed by atoms with E-state index in [0.717, 1.165) is 7.11 Å². The lowest BCUT2D eigenvalue weighted by Gasteiger charge is -2.18. The van der Waals surface area contributed by atoms with Crippen molar-refractivity contribution in [2.24, 2.45) is 0 Å². The third kappa shape index (κ3) is 3.63. The first kappa shape index (κ1) is 15.3. The number of ether oxygens (including phenoxy) is 2. The predicted octanol–water partition coefficient (Wildman–Crippen LogP) is 2.50. The summed E-state index contributed by atoms with van der Waals surface area (Å²) in [7, 11) is 0.745. The van der Waals surface area contributed by atoms with Crippen LogP contribution in [0.2, 0.25) is 0 Å². The molecule has 0 aliphatic heterocycles. The number of hydrogen-bond donors (Lipinski definition) is 1. The molecule has 108 valence electrons. The number of aromatic nitrogens is 1. The first-order chi connectivity index (χ1) is 8.60. The van der Waals surface area contributed by atoms with Crippen LogP contribution >= 0.6 is 0 Å². The van der Waals surface area contributed by atoms with E-state index in [-0.39, 0.29) is 6.20 Å². The first-order valence-corrected chi connectivity index (χ1v) is 4.59. The molecule has 0 saturated carbocycles. The molecule has 1 rings (SSSR count). The summed E-state index contributed by atoms with van der Waals surface area (Å²) in [6, 6.07) is 0. The Bertz CT molecular complexity index is 456. The highest BCUT2D eigenvalue weighted by Gasteiger charge is 2.40. The highest BCUT2D eigenvalue weighted by atomic mass is 19.4. The molecule has 0 bridgehead atoms. The van der Waals surface area contributed by atoms with E-state index in [0.29, 0.717) is 0 Å². The fourth-order valence-electron chi connectivity index (χ4n) is 1.25. The highest BCUT2D eigenvalue weighted by Crippen LogP contribution is 2.43. The molecule has 1 N–H and O–H groups in total. The average molecular weight is 291 g/mol. The van der Waals surface area contributed by atoms with Gasteiger partial charge in [0.2, 0.25) is 0 Å². The van der Waals surface area contributed by atoms with Crippen LogP contribution < -0.4 is 9.47 Å². The number of aliphatic hydroxyl groups is 1. The Morgan fingerprint density at radius 2 is 1.74 bits per heavy atom. The lowest BCUT2D eigenvalue weighted by molar-refractivity contribution is -0.275. The minimum absolute atomic E-state index is 0.258. The number of aliphatic hydroxyl groups excluding tert-OH is 1. The predicted molar refractivity (Wildman–Crippen MR) is 48.4 cm³/mol. The summed E-state index contributed by atoms with van der Waals surface area (Å²) in [6.45, 7) is -1.04. The summed E-state index contributed by atoms with van der Waals surface area (Å²) in [5.41, 5.74) is -2.26. The summed E-state index contributed by atoms with van der Waals surface area (Å²) < 4.78 is 81.8. The van der Waals surface area contributed by atoms with Crippen molar-refractivity contribution in [3.05, 3.63) is 17.5 Å². The molecule has 1 aromatic rings. The van der Waals surface area contributed by atoms with Crippen LogP contribution in [0.5, 0.6) is 11.5 Å². The van der Waals surface area contributed by atoms with Crippen molar-refractivity contribution in [2.75, 3.05) is 7.11 Å². The van der Waals surface area contributed by atoms with Gasteiger partial charge in [-0.1, -0.05) is 0 Å². The van der Waals surface area contributed by atoms with E-state index in [1.165, 1.54) is 0 Å². The van der Waals surface area contributed by atoms with Gasteiger partial charge in [0.05, 0.1) is 13.7 Å². The van der Waals surface area contributed by atoms with Crippen LogP contribution in [-0.2, 0) is 12.8 Å². The fourth-order valence-corrected chi connectivity index (χ4v) is 1.25. The van der Waals surface area contributed by atoms with Gasteiger partial charge >= 0.3 is 12.5 Å². The second-order valence-electron chi connectivity index (χ2n) is 3.18. The van der Waals surface area contributed by atoms with Crippen molar-refractivity contribution in [3.63, 3.8) is 0 Å². The summed E-state index contributed by atoms with van der Waals surface area (Å²) in [6.07, 6.45) is -9.97. The van der Waals surface area contributed by atoms with Gasteiger partial charge in [0.15, 0.2) is 11.5 Å². The van der Waals surface area contributed by atoms with Gasteiger partial charge in [-0.15, -0.1) is 13.2 Å². The Balaban J connectivity index is 3.46. The molecule has 1 aromatic heterocycles. The molecule has 0 fully saturated rings. The Morgan fingerprint density at radius 3 is 2.11 bits per heavy atom. The van der Waals surface area contributed by atoms with Crippen molar-refractivity contribution in [3.8, 4) is 11.5 Å². The number of pyridine rings is 1. The lowest BCUT2D eigenvalue weighted by Crippen LogP contribution is -2.20. The second-order valence-corrected chi connectivity index (χ2v) is 3.18. The Hall–Kier alpha value is -1.71. The van der Waals surface area contributed by atoms with Gasteiger partial charge in [0.1, 0.15) is 11.3 Å². The smallest absolute Gasteiger partial charge is 0.492 e. The minimum Gasteiger partial charge on any atom is -0.492 e. The van der Waals surface area contributed by atoms with E-state index < -0.39 is 41.9 Å². The molecule has 0 saturated heterocycles. The third-order valence-corrected chi connectivity index (χ3v) is 1.94. The van der Waals surface area contributed by atoms with Gasteiger partial charge in [-0.25, -0.2) is 0 Å². The molecule has 10 heteroatoms. The van der Waals surface area contributed by atoms with Crippen molar-refractivity contribution in [2.45, 2.75) is 19.1 Å². The maximum Gasteiger partial charge on any atom is 0.573 e. The molecule has 0 aliphatic rings. The SMILES string of the molecule is COc1c(C(F)(F)F)cnc(CO)c1OC(F)(F)F. The van der Waals surface area contributed by atoms with E-state index in [2.05, 4.69) is 14.5 Å². The summed E-state index contributed by atoms with van der Waals surface area (Å²) in [4.78, 5) is 3.08. The van der Waals surface area contributed by atoms with Gasteiger partial charge in [0, 0.05) is 6.20 Å². The standard InChI is InChI=1S/C9H7F6NO3/c1-18-6-4(8(10,11)12)2-16-5(3-17)7(6)19-9(13,14)15/h2,17H,3H2,1H3. The molecule has 0 spiro atoms. The molecule has 0 unspecified atom stereocenters. The topological polar surface area (TPSA) is 51.6 Å².